The lowest BCUT2D eigenvalue weighted by atomic mass is 10.2. The maximum absolute atomic E-state index is 13.9. The summed E-state index contributed by atoms with van der Waals surface area (Å²) in [6.45, 7) is 3.32. The highest BCUT2D eigenvalue weighted by Gasteiger charge is 2.30. The molecular formula is C29H28N2O4S2. The summed E-state index contributed by atoms with van der Waals surface area (Å²) in [4.78, 5) is 15.2. The van der Waals surface area contributed by atoms with Gasteiger partial charge in [-0.05, 0) is 67.9 Å². The second-order valence-electron chi connectivity index (χ2n) is 8.46. The molecule has 0 fully saturated rings. The number of hydrogen-bond donors (Lipinski definition) is 1. The van der Waals surface area contributed by atoms with E-state index in [2.05, 4.69) is 5.32 Å². The monoisotopic (exact) mass is 532 g/mol. The van der Waals surface area contributed by atoms with Gasteiger partial charge in [0.1, 0.15) is 17.2 Å². The third kappa shape index (κ3) is 6.34. The Labute approximate surface area is 222 Å². The largest absolute Gasteiger partial charge is 0.495 e. The molecule has 0 saturated carbocycles. The van der Waals surface area contributed by atoms with Crippen LogP contribution in [0.2, 0.25) is 0 Å². The number of amides is 1. The van der Waals surface area contributed by atoms with Crippen molar-refractivity contribution in [2.75, 3.05) is 23.3 Å². The number of ether oxygens (including phenoxy) is 1. The van der Waals surface area contributed by atoms with Crippen LogP contribution in [0.3, 0.4) is 0 Å². The van der Waals surface area contributed by atoms with Gasteiger partial charge in [-0.3, -0.25) is 9.10 Å². The third-order valence-electron chi connectivity index (χ3n) is 5.63. The molecule has 1 amide bonds. The summed E-state index contributed by atoms with van der Waals surface area (Å²) in [6, 6.07) is 29.2. The number of rotatable bonds is 9. The van der Waals surface area contributed by atoms with Crippen LogP contribution in [0.1, 0.15) is 11.1 Å². The predicted octanol–water partition coefficient (Wildman–Crippen LogP) is 6.30. The van der Waals surface area contributed by atoms with Crippen molar-refractivity contribution >= 4 is 39.1 Å². The predicted molar refractivity (Wildman–Crippen MR) is 149 cm³/mol. The molecule has 0 atom stereocenters. The molecule has 0 aliphatic heterocycles. The summed E-state index contributed by atoms with van der Waals surface area (Å²) in [5, 5.41) is 2.91. The number of anilines is 2. The fourth-order valence-electron chi connectivity index (χ4n) is 3.72. The van der Waals surface area contributed by atoms with Crippen LogP contribution in [0.5, 0.6) is 5.75 Å². The van der Waals surface area contributed by atoms with E-state index in [1.165, 1.54) is 18.9 Å². The van der Waals surface area contributed by atoms with E-state index < -0.39 is 22.5 Å². The molecule has 0 bridgehead atoms. The molecule has 0 aliphatic rings. The van der Waals surface area contributed by atoms with Crippen molar-refractivity contribution in [2.24, 2.45) is 0 Å². The van der Waals surface area contributed by atoms with E-state index in [-0.39, 0.29) is 10.6 Å². The standard InChI is InChI=1S/C29H28N2O4S2/c1-21-13-16-23(17-14-21)31(37(33,34)28-19-22(2)15-18-26(28)35-3)20-29(32)30-25-11-7-8-12-27(25)36-24-9-5-4-6-10-24/h4-19H,20H2,1-3H3,(H,30,32). The molecule has 4 aromatic rings. The minimum absolute atomic E-state index is 0.00316. The molecule has 190 valence electrons. The fourth-order valence-corrected chi connectivity index (χ4v) is 6.31. The van der Waals surface area contributed by atoms with E-state index in [9.17, 15) is 13.2 Å². The van der Waals surface area contributed by atoms with Gasteiger partial charge in [-0.25, -0.2) is 8.42 Å². The fraction of sp³-hybridized carbons (Fsp3) is 0.138. The lowest BCUT2D eigenvalue weighted by Gasteiger charge is -2.25. The summed E-state index contributed by atoms with van der Waals surface area (Å²) >= 11 is 1.52. The van der Waals surface area contributed by atoms with Crippen LogP contribution in [0.4, 0.5) is 11.4 Å². The number of sulfonamides is 1. The summed E-state index contributed by atoms with van der Waals surface area (Å²) in [5.41, 5.74) is 2.73. The van der Waals surface area contributed by atoms with Crippen LogP contribution in [-0.2, 0) is 14.8 Å². The van der Waals surface area contributed by atoms with Gasteiger partial charge in [-0.2, -0.15) is 0 Å². The molecule has 0 saturated heterocycles. The lowest BCUT2D eigenvalue weighted by Crippen LogP contribution is -2.38. The van der Waals surface area contributed by atoms with Crippen LogP contribution in [0, 0.1) is 13.8 Å². The molecule has 6 nitrogen and oxygen atoms in total. The quantitative estimate of drug-likeness (QED) is 0.274. The van der Waals surface area contributed by atoms with Crippen molar-refractivity contribution in [2.45, 2.75) is 28.5 Å². The van der Waals surface area contributed by atoms with E-state index in [4.69, 9.17) is 4.74 Å². The molecule has 8 heteroatoms. The number of hydrogen-bond acceptors (Lipinski definition) is 5. The molecule has 0 unspecified atom stereocenters. The van der Waals surface area contributed by atoms with Crippen LogP contribution in [-0.4, -0.2) is 28.0 Å². The summed E-state index contributed by atoms with van der Waals surface area (Å²) in [5.74, 6) is -0.246. The zero-order chi connectivity index (χ0) is 26.4. The van der Waals surface area contributed by atoms with Crippen LogP contribution in [0.15, 0.2) is 112 Å². The Morgan fingerprint density at radius 3 is 2.22 bits per heavy atom. The number of methoxy groups -OCH3 is 1. The first-order valence-corrected chi connectivity index (χ1v) is 13.9. The Morgan fingerprint density at radius 2 is 1.51 bits per heavy atom. The Balaban J connectivity index is 1.66. The van der Waals surface area contributed by atoms with Gasteiger partial charge in [0, 0.05) is 9.79 Å². The number of nitrogens with one attached hydrogen (secondary N) is 1. The highest BCUT2D eigenvalue weighted by atomic mass is 32.2. The second-order valence-corrected chi connectivity index (χ2v) is 11.4. The minimum atomic E-state index is -4.14. The topological polar surface area (TPSA) is 75.7 Å². The van der Waals surface area contributed by atoms with Gasteiger partial charge < -0.3 is 10.1 Å². The average molecular weight is 533 g/mol. The molecule has 0 aliphatic carbocycles. The molecule has 4 rings (SSSR count). The zero-order valence-corrected chi connectivity index (χ0v) is 22.5. The summed E-state index contributed by atoms with van der Waals surface area (Å²) in [7, 11) is -2.71. The first-order chi connectivity index (χ1) is 17.8. The average Bonchev–Trinajstić information content (AvgIpc) is 2.89. The van der Waals surface area contributed by atoms with Crippen LogP contribution >= 0.6 is 11.8 Å². The first kappa shape index (κ1) is 26.3. The smallest absolute Gasteiger partial charge is 0.268 e. The summed E-state index contributed by atoms with van der Waals surface area (Å²) < 4.78 is 34.3. The van der Waals surface area contributed by atoms with Gasteiger partial charge in [0.05, 0.1) is 18.5 Å². The SMILES string of the molecule is COc1ccc(C)cc1S(=O)(=O)N(CC(=O)Nc1ccccc1Sc1ccccc1)c1ccc(C)cc1. The van der Waals surface area contributed by atoms with Gasteiger partial charge in [0.25, 0.3) is 10.0 Å². The van der Waals surface area contributed by atoms with Gasteiger partial charge in [0.15, 0.2) is 0 Å². The molecule has 4 aromatic carbocycles. The molecule has 0 aromatic heterocycles. The van der Waals surface area contributed by atoms with Crippen LogP contribution in [0.25, 0.3) is 0 Å². The summed E-state index contributed by atoms with van der Waals surface area (Å²) in [6.07, 6.45) is 0. The Kier molecular flexibility index (Phi) is 8.21. The number of aryl methyl sites for hydroxylation is 2. The van der Waals surface area contributed by atoms with Crippen molar-refractivity contribution < 1.29 is 17.9 Å². The number of carbonyl (C=O) groups is 1. The highest BCUT2D eigenvalue weighted by Crippen LogP contribution is 2.34. The van der Waals surface area contributed by atoms with Crippen molar-refractivity contribution in [3.63, 3.8) is 0 Å². The number of nitrogens with zero attached hydrogens (tertiary/aromatic N) is 1. The van der Waals surface area contributed by atoms with E-state index in [0.717, 1.165) is 25.2 Å². The lowest BCUT2D eigenvalue weighted by molar-refractivity contribution is -0.114. The number of para-hydroxylation sites is 1. The van der Waals surface area contributed by atoms with E-state index in [1.807, 2.05) is 74.5 Å². The Bertz CT molecular complexity index is 1490. The van der Waals surface area contributed by atoms with Crippen molar-refractivity contribution in [1.29, 1.82) is 0 Å². The van der Waals surface area contributed by atoms with E-state index in [0.29, 0.717) is 11.4 Å². The molecule has 37 heavy (non-hydrogen) atoms. The third-order valence-corrected chi connectivity index (χ3v) is 8.51. The molecule has 0 heterocycles. The zero-order valence-electron chi connectivity index (χ0n) is 20.8. The Morgan fingerprint density at radius 1 is 0.865 bits per heavy atom. The highest BCUT2D eigenvalue weighted by molar-refractivity contribution is 7.99. The van der Waals surface area contributed by atoms with Gasteiger partial charge in [-0.1, -0.05) is 65.9 Å². The Hall–Kier alpha value is -3.75. The van der Waals surface area contributed by atoms with Crippen molar-refractivity contribution in [3.8, 4) is 5.75 Å². The van der Waals surface area contributed by atoms with Gasteiger partial charge in [0.2, 0.25) is 5.91 Å². The maximum Gasteiger partial charge on any atom is 0.268 e. The van der Waals surface area contributed by atoms with Gasteiger partial charge >= 0.3 is 0 Å². The second kappa shape index (κ2) is 11.5. The van der Waals surface area contributed by atoms with E-state index in [1.54, 1.807) is 36.4 Å². The van der Waals surface area contributed by atoms with Gasteiger partial charge in [-0.15, -0.1) is 0 Å². The normalized spacial score (nSPS) is 11.1. The van der Waals surface area contributed by atoms with Crippen molar-refractivity contribution in [3.05, 3.63) is 108 Å². The minimum Gasteiger partial charge on any atom is -0.495 e. The molecular weight excluding hydrogens is 504 g/mol. The number of benzene rings is 4. The molecule has 1 N–H and O–H groups in total. The molecule has 0 radical (unpaired) electrons. The van der Waals surface area contributed by atoms with E-state index >= 15 is 0 Å². The van der Waals surface area contributed by atoms with Crippen LogP contribution < -0.4 is 14.4 Å². The first-order valence-electron chi connectivity index (χ1n) is 11.6. The van der Waals surface area contributed by atoms with Crippen molar-refractivity contribution in [1.82, 2.24) is 0 Å². The molecule has 0 spiro atoms. The number of carbonyl (C=O) groups excluding carboxylic acids is 1. The maximum atomic E-state index is 13.9.